The fourth-order valence-corrected chi connectivity index (χ4v) is 6.05. The fraction of sp³-hybridized carbons (Fsp3) is 1.00. The Bertz CT molecular complexity index is 215. The molecule has 2 heteroatoms. The Morgan fingerprint density at radius 1 is 1.07 bits per heavy atom. The third kappa shape index (κ3) is 1.79. The van der Waals surface area contributed by atoms with Gasteiger partial charge in [0.1, 0.15) is 0 Å². The Morgan fingerprint density at radius 3 is 2.07 bits per heavy atom. The minimum absolute atomic E-state index is 0.217. The van der Waals surface area contributed by atoms with Crippen LogP contribution in [0.2, 0.25) is 25.2 Å². The molecule has 2 atom stereocenters. The molecule has 0 aromatic carbocycles. The molecule has 0 heterocycles. The van der Waals surface area contributed by atoms with Crippen molar-refractivity contribution in [3.63, 3.8) is 0 Å². The maximum absolute atomic E-state index is 10.6. The molecule has 2 rings (SSSR count). The van der Waals surface area contributed by atoms with Gasteiger partial charge in [-0.1, -0.05) is 38.9 Å². The monoisotopic (exact) mass is 212 g/mol. The third-order valence-corrected chi connectivity index (χ3v) is 7.13. The summed E-state index contributed by atoms with van der Waals surface area (Å²) in [7, 11) is -1.09. The number of rotatable bonds is 2. The quantitative estimate of drug-likeness (QED) is 0.696. The van der Waals surface area contributed by atoms with Gasteiger partial charge in [0.15, 0.2) is 0 Å². The lowest BCUT2D eigenvalue weighted by Crippen LogP contribution is -2.32. The molecule has 14 heavy (non-hydrogen) atoms. The van der Waals surface area contributed by atoms with Crippen LogP contribution in [-0.2, 0) is 0 Å². The van der Waals surface area contributed by atoms with Gasteiger partial charge in [-0.2, -0.15) is 0 Å². The first-order valence-electron chi connectivity index (χ1n) is 6.17. The second-order valence-electron chi connectivity index (χ2n) is 6.45. The highest BCUT2D eigenvalue weighted by Gasteiger charge is 2.61. The van der Waals surface area contributed by atoms with Gasteiger partial charge >= 0.3 is 0 Å². The van der Waals surface area contributed by atoms with Crippen LogP contribution in [0.15, 0.2) is 0 Å². The summed E-state index contributed by atoms with van der Waals surface area (Å²) in [5, 5.41) is 10.6. The highest BCUT2D eigenvalue weighted by Crippen LogP contribution is 2.61. The lowest BCUT2D eigenvalue weighted by atomic mass is 9.84. The molecule has 0 amide bonds. The van der Waals surface area contributed by atoms with Crippen molar-refractivity contribution in [3.05, 3.63) is 0 Å². The molecule has 0 radical (unpaired) electrons. The van der Waals surface area contributed by atoms with Crippen LogP contribution in [0.5, 0.6) is 0 Å². The molecule has 0 aromatic heterocycles. The predicted molar refractivity (Wildman–Crippen MR) is 63.2 cm³/mol. The first-order valence-corrected chi connectivity index (χ1v) is 9.75. The van der Waals surface area contributed by atoms with Gasteiger partial charge in [0.05, 0.1) is 13.7 Å². The summed E-state index contributed by atoms with van der Waals surface area (Å²) in [5.74, 6) is 0.646. The van der Waals surface area contributed by atoms with Crippen LogP contribution >= 0.6 is 0 Å². The van der Waals surface area contributed by atoms with E-state index < -0.39 is 8.07 Å². The summed E-state index contributed by atoms with van der Waals surface area (Å²) >= 11 is 0. The zero-order chi connectivity index (χ0) is 10.4. The zero-order valence-corrected chi connectivity index (χ0v) is 10.8. The Balaban J connectivity index is 1.98. The Morgan fingerprint density at radius 2 is 1.64 bits per heavy atom. The molecule has 2 saturated carbocycles. The summed E-state index contributed by atoms with van der Waals surface area (Å²) in [6.45, 7) is 7.20. The zero-order valence-electron chi connectivity index (χ0n) is 9.84. The van der Waals surface area contributed by atoms with E-state index in [9.17, 15) is 5.11 Å². The molecule has 0 bridgehead atoms. The van der Waals surface area contributed by atoms with E-state index in [-0.39, 0.29) is 5.60 Å². The normalized spacial score (nSPS) is 39.9. The van der Waals surface area contributed by atoms with Gasteiger partial charge in [-0.15, -0.1) is 0 Å². The smallest absolute Gasteiger partial charge is 0.0682 e. The molecular formula is C12H24OSi. The fourth-order valence-electron chi connectivity index (χ4n) is 3.38. The maximum atomic E-state index is 10.6. The molecule has 0 saturated heterocycles. The highest BCUT2D eigenvalue weighted by atomic mass is 28.3. The van der Waals surface area contributed by atoms with Crippen molar-refractivity contribution in [2.24, 2.45) is 5.92 Å². The van der Waals surface area contributed by atoms with Crippen LogP contribution in [0.3, 0.4) is 0 Å². The van der Waals surface area contributed by atoms with Gasteiger partial charge in [-0.25, -0.2) is 0 Å². The van der Waals surface area contributed by atoms with Gasteiger partial charge < -0.3 is 5.11 Å². The van der Waals surface area contributed by atoms with E-state index in [0.29, 0.717) is 11.5 Å². The molecule has 2 aliphatic rings. The minimum atomic E-state index is -1.09. The first kappa shape index (κ1) is 10.7. The molecule has 1 nitrogen and oxygen atoms in total. The summed E-state index contributed by atoms with van der Waals surface area (Å²) < 4.78 is 0. The van der Waals surface area contributed by atoms with Crippen molar-refractivity contribution >= 4 is 8.07 Å². The van der Waals surface area contributed by atoms with Gasteiger partial charge in [0, 0.05) is 0 Å². The maximum Gasteiger partial charge on any atom is 0.0682 e. The van der Waals surface area contributed by atoms with E-state index in [1.165, 1.54) is 32.1 Å². The van der Waals surface area contributed by atoms with Gasteiger partial charge in [-0.05, 0) is 30.7 Å². The first-order chi connectivity index (χ1) is 6.44. The number of hydrogen-bond acceptors (Lipinski definition) is 1. The van der Waals surface area contributed by atoms with Crippen LogP contribution < -0.4 is 0 Å². The van der Waals surface area contributed by atoms with Crippen LogP contribution in [0.1, 0.15) is 38.5 Å². The molecule has 0 aliphatic heterocycles. The van der Waals surface area contributed by atoms with Gasteiger partial charge in [0.2, 0.25) is 0 Å². The standard InChI is InChI=1S/C12H24OSi/c1-14(2,3)11-9-12(11,13)10-7-5-4-6-8-10/h10-11,13H,4-9H2,1-3H3. The van der Waals surface area contributed by atoms with Gasteiger partial charge in [-0.3, -0.25) is 0 Å². The summed E-state index contributed by atoms with van der Waals surface area (Å²) in [4.78, 5) is 0. The molecule has 1 N–H and O–H groups in total. The molecule has 2 unspecified atom stereocenters. The van der Waals surface area contributed by atoms with Crippen molar-refractivity contribution in [1.29, 1.82) is 0 Å². The van der Waals surface area contributed by atoms with E-state index in [4.69, 9.17) is 0 Å². The van der Waals surface area contributed by atoms with Crippen molar-refractivity contribution in [2.75, 3.05) is 0 Å². The van der Waals surface area contributed by atoms with Gasteiger partial charge in [0.25, 0.3) is 0 Å². The molecular weight excluding hydrogens is 188 g/mol. The third-order valence-electron chi connectivity index (χ3n) is 4.33. The van der Waals surface area contributed by atoms with E-state index in [0.717, 1.165) is 6.42 Å². The lowest BCUT2D eigenvalue weighted by Gasteiger charge is -2.30. The van der Waals surface area contributed by atoms with Crippen LogP contribution in [0, 0.1) is 5.92 Å². The van der Waals surface area contributed by atoms with Crippen molar-refractivity contribution in [3.8, 4) is 0 Å². The second-order valence-corrected chi connectivity index (χ2v) is 11.9. The molecule has 0 aromatic rings. The number of hydrogen-bond donors (Lipinski definition) is 1. The van der Waals surface area contributed by atoms with E-state index in [1.807, 2.05) is 0 Å². The number of aliphatic hydroxyl groups is 1. The highest BCUT2D eigenvalue weighted by molar-refractivity contribution is 6.78. The van der Waals surface area contributed by atoms with Crippen LogP contribution in [-0.4, -0.2) is 18.8 Å². The van der Waals surface area contributed by atoms with E-state index in [1.54, 1.807) is 0 Å². The topological polar surface area (TPSA) is 20.2 Å². The molecule has 82 valence electrons. The summed E-state index contributed by atoms with van der Waals surface area (Å²) in [5.41, 5.74) is 0.475. The minimum Gasteiger partial charge on any atom is -0.390 e. The van der Waals surface area contributed by atoms with Crippen molar-refractivity contribution in [2.45, 2.75) is 69.3 Å². The van der Waals surface area contributed by atoms with Crippen LogP contribution in [0.25, 0.3) is 0 Å². The Labute approximate surface area is 88.9 Å². The summed E-state index contributed by atoms with van der Waals surface area (Å²) in [6.07, 6.45) is 7.79. The van der Waals surface area contributed by atoms with E-state index in [2.05, 4.69) is 19.6 Å². The molecule has 2 aliphatic carbocycles. The van der Waals surface area contributed by atoms with Crippen molar-refractivity contribution in [1.82, 2.24) is 0 Å². The largest absolute Gasteiger partial charge is 0.390 e. The lowest BCUT2D eigenvalue weighted by molar-refractivity contribution is 0.0602. The summed E-state index contributed by atoms with van der Waals surface area (Å²) in [6, 6.07) is 0. The SMILES string of the molecule is C[Si](C)(C)C1CC1(O)C1CCCCC1. The average molecular weight is 212 g/mol. The Hall–Kier alpha value is 0.177. The van der Waals surface area contributed by atoms with Crippen LogP contribution in [0.4, 0.5) is 0 Å². The van der Waals surface area contributed by atoms with E-state index >= 15 is 0 Å². The molecule has 2 fully saturated rings. The second kappa shape index (κ2) is 3.34. The Kier molecular flexibility index (Phi) is 2.55. The average Bonchev–Trinajstić information content (AvgIpc) is 2.81. The van der Waals surface area contributed by atoms with Crippen molar-refractivity contribution < 1.29 is 5.11 Å². The molecule has 0 spiro atoms. The predicted octanol–water partition coefficient (Wildman–Crippen LogP) is 3.41.